The second-order valence-electron chi connectivity index (χ2n) is 7.35. The number of likely N-dealkylation sites (tertiary alicyclic amines) is 1. The minimum atomic E-state index is -0.819. The zero-order valence-corrected chi connectivity index (χ0v) is 14.3. The predicted molar refractivity (Wildman–Crippen MR) is 86.7 cm³/mol. The monoisotopic (exact) mass is 330 g/mol. The summed E-state index contributed by atoms with van der Waals surface area (Å²) in [5.74, 6) is -2.37. The van der Waals surface area contributed by atoms with Gasteiger partial charge in [-0.1, -0.05) is 30.3 Å². The molecule has 24 heavy (non-hydrogen) atoms. The molecule has 0 radical (unpaired) electrons. The zero-order chi connectivity index (χ0) is 17.6. The Morgan fingerprint density at radius 3 is 2.25 bits per heavy atom. The van der Waals surface area contributed by atoms with Gasteiger partial charge in [0, 0.05) is 13.1 Å². The Balaban J connectivity index is 1.96. The Hall–Kier alpha value is -2.21. The lowest BCUT2D eigenvalue weighted by Gasteiger charge is -2.24. The summed E-state index contributed by atoms with van der Waals surface area (Å²) in [6.45, 7) is 5.33. The molecule has 0 spiro atoms. The van der Waals surface area contributed by atoms with Gasteiger partial charge in [-0.3, -0.25) is 24.6 Å². The summed E-state index contributed by atoms with van der Waals surface area (Å²) in [4.78, 5) is 38.8. The molecule has 1 N–H and O–H groups in total. The Kier molecular flexibility index (Phi) is 3.95. The molecule has 2 amide bonds. The Bertz CT molecular complexity index is 680. The molecule has 6 heteroatoms. The van der Waals surface area contributed by atoms with Gasteiger partial charge in [-0.05, 0) is 26.3 Å². The van der Waals surface area contributed by atoms with Gasteiger partial charge in [0.05, 0.1) is 11.8 Å². The van der Waals surface area contributed by atoms with Crippen LogP contribution < -0.4 is 5.32 Å². The highest BCUT2D eigenvalue weighted by Gasteiger charge is 2.60. The molecule has 0 bridgehead atoms. The first-order chi connectivity index (χ1) is 11.2. The molecule has 128 valence electrons. The van der Waals surface area contributed by atoms with Crippen LogP contribution in [0.3, 0.4) is 0 Å². The lowest BCUT2D eigenvalue weighted by atomic mass is 9.86. The number of benzene rings is 1. The van der Waals surface area contributed by atoms with Gasteiger partial charge in [-0.2, -0.15) is 0 Å². The number of hydrogen-bond acceptors (Lipinski definition) is 5. The van der Waals surface area contributed by atoms with E-state index in [0.29, 0.717) is 0 Å². The van der Waals surface area contributed by atoms with Gasteiger partial charge in [-0.15, -0.1) is 0 Å². The highest BCUT2D eigenvalue weighted by molar-refractivity contribution is 6.08. The fraction of sp³-hybridized carbons (Fsp3) is 0.500. The van der Waals surface area contributed by atoms with Gasteiger partial charge in [0.25, 0.3) is 0 Å². The van der Waals surface area contributed by atoms with Crippen LogP contribution in [0.25, 0.3) is 0 Å². The summed E-state index contributed by atoms with van der Waals surface area (Å²) in [5.41, 5.74) is 0.228. The number of fused-ring (bicyclic) bond motifs is 1. The first-order valence-corrected chi connectivity index (χ1v) is 8.06. The molecule has 2 heterocycles. The van der Waals surface area contributed by atoms with Crippen molar-refractivity contribution in [1.29, 1.82) is 0 Å². The predicted octanol–water partition coefficient (Wildman–Crippen LogP) is 1.27. The number of esters is 1. The highest BCUT2D eigenvalue weighted by atomic mass is 16.6. The van der Waals surface area contributed by atoms with Crippen LogP contribution in [0.1, 0.15) is 32.4 Å². The van der Waals surface area contributed by atoms with Crippen LogP contribution in [0, 0.1) is 11.8 Å². The first-order valence-electron chi connectivity index (χ1n) is 8.06. The van der Waals surface area contributed by atoms with E-state index in [0.717, 1.165) is 10.5 Å². The fourth-order valence-electron chi connectivity index (χ4n) is 3.51. The van der Waals surface area contributed by atoms with E-state index in [2.05, 4.69) is 5.32 Å². The molecular weight excluding hydrogens is 308 g/mol. The average molecular weight is 330 g/mol. The number of carbonyl (C=O) groups excluding carboxylic acids is 3. The van der Waals surface area contributed by atoms with Gasteiger partial charge >= 0.3 is 5.97 Å². The van der Waals surface area contributed by atoms with E-state index in [1.54, 1.807) is 20.8 Å². The Morgan fingerprint density at radius 2 is 1.67 bits per heavy atom. The van der Waals surface area contributed by atoms with Gasteiger partial charge in [0.2, 0.25) is 11.8 Å². The smallest absolute Gasteiger partial charge is 0.324 e. The van der Waals surface area contributed by atoms with Gasteiger partial charge in [0.1, 0.15) is 11.6 Å². The SMILES string of the molecule is CN1C(=O)[C@@H]2[C@H](C1=O)[C@@H](c1ccccc1)N[C@H]2C(=O)OC(C)(C)C. The van der Waals surface area contributed by atoms with E-state index in [1.165, 1.54) is 7.05 Å². The average Bonchev–Trinajstić information content (AvgIpc) is 3.00. The molecule has 1 aromatic carbocycles. The maximum Gasteiger partial charge on any atom is 0.324 e. The first kappa shape index (κ1) is 16.6. The summed E-state index contributed by atoms with van der Waals surface area (Å²) < 4.78 is 5.45. The third-order valence-electron chi connectivity index (χ3n) is 4.52. The number of carbonyl (C=O) groups is 3. The molecule has 2 aliphatic rings. The number of amides is 2. The molecule has 4 atom stereocenters. The van der Waals surface area contributed by atoms with Crippen LogP contribution in [-0.2, 0) is 19.1 Å². The van der Waals surface area contributed by atoms with Crippen LogP contribution in [0.5, 0.6) is 0 Å². The van der Waals surface area contributed by atoms with E-state index in [9.17, 15) is 14.4 Å². The minimum absolute atomic E-state index is 0.252. The quantitative estimate of drug-likeness (QED) is 0.653. The third kappa shape index (κ3) is 2.71. The molecule has 2 aliphatic heterocycles. The minimum Gasteiger partial charge on any atom is -0.459 e. The normalized spacial score (nSPS) is 29.8. The van der Waals surface area contributed by atoms with Crippen molar-refractivity contribution in [3.63, 3.8) is 0 Å². The molecule has 2 fully saturated rings. The molecule has 0 aliphatic carbocycles. The second-order valence-corrected chi connectivity index (χ2v) is 7.35. The summed E-state index contributed by atoms with van der Waals surface area (Å²) in [7, 11) is 1.47. The molecule has 6 nitrogen and oxygen atoms in total. The van der Waals surface area contributed by atoms with Gasteiger partial charge in [-0.25, -0.2) is 0 Å². The van der Waals surface area contributed by atoms with Gasteiger partial charge < -0.3 is 4.74 Å². The summed E-state index contributed by atoms with van der Waals surface area (Å²) >= 11 is 0. The molecule has 2 saturated heterocycles. The molecule has 1 aromatic rings. The van der Waals surface area contributed by atoms with Crippen molar-refractivity contribution in [3.05, 3.63) is 35.9 Å². The van der Waals surface area contributed by atoms with Crippen molar-refractivity contribution in [2.45, 2.75) is 38.5 Å². The molecule has 3 rings (SSSR count). The number of rotatable bonds is 2. The van der Waals surface area contributed by atoms with E-state index >= 15 is 0 Å². The van der Waals surface area contributed by atoms with Crippen LogP contribution in [0.15, 0.2) is 30.3 Å². The zero-order valence-electron chi connectivity index (χ0n) is 14.3. The van der Waals surface area contributed by atoms with Crippen LogP contribution in [-0.4, -0.2) is 41.4 Å². The van der Waals surface area contributed by atoms with Crippen LogP contribution in [0.2, 0.25) is 0 Å². The van der Waals surface area contributed by atoms with Crippen molar-refractivity contribution in [1.82, 2.24) is 10.2 Å². The summed E-state index contributed by atoms with van der Waals surface area (Å²) in [6, 6.07) is 8.21. The topological polar surface area (TPSA) is 75.7 Å². The van der Waals surface area contributed by atoms with Crippen molar-refractivity contribution < 1.29 is 19.1 Å². The number of hydrogen-bond donors (Lipinski definition) is 1. The third-order valence-corrected chi connectivity index (χ3v) is 4.52. The summed E-state index contributed by atoms with van der Waals surface area (Å²) in [6.07, 6.45) is 0. The number of nitrogens with one attached hydrogen (secondary N) is 1. The van der Waals surface area contributed by atoms with E-state index in [-0.39, 0.29) is 17.9 Å². The maximum atomic E-state index is 12.6. The van der Waals surface area contributed by atoms with Crippen molar-refractivity contribution in [3.8, 4) is 0 Å². The number of ether oxygens (including phenoxy) is 1. The van der Waals surface area contributed by atoms with Crippen molar-refractivity contribution in [2.24, 2.45) is 11.8 Å². The summed E-state index contributed by atoms with van der Waals surface area (Å²) in [5, 5.41) is 3.17. The molecule has 0 unspecified atom stereocenters. The Morgan fingerprint density at radius 1 is 1.08 bits per heavy atom. The van der Waals surface area contributed by atoms with Crippen LogP contribution in [0.4, 0.5) is 0 Å². The number of imide groups is 1. The van der Waals surface area contributed by atoms with Gasteiger partial charge in [0.15, 0.2) is 0 Å². The molecule has 0 aromatic heterocycles. The Labute approximate surface area is 141 Å². The standard InChI is InChI=1S/C18H22N2O4/c1-18(2,3)24-17(23)14-12-11(15(21)20(4)16(12)22)13(19-14)10-8-6-5-7-9-10/h5-9,11-14,19H,1-4H3/t11-,12+,13+,14+/m0/s1. The lowest BCUT2D eigenvalue weighted by molar-refractivity contribution is -0.160. The fourth-order valence-corrected chi connectivity index (χ4v) is 3.51. The van der Waals surface area contributed by atoms with E-state index in [1.807, 2.05) is 30.3 Å². The molecular formula is C18H22N2O4. The van der Waals surface area contributed by atoms with E-state index < -0.39 is 29.4 Å². The van der Waals surface area contributed by atoms with Crippen molar-refractivity contribution in [2.75, 3.05) is 7.05 Å². The maximum absolute atomic E-state index is 12.6. The lowest BCUT2D eigenvalue weighted by Crippen LogP contribution is -2.45. The largest absolute Gasteiger partial charge is 0.459 e. The van der Waals surface area contributed by atoms with Crippen molar-refractivity contribution >= 4 is 17.8 Å². The van der Waals surface area contributed by atoms with Crippen LogP contribution >= 0.6 is 0 Å². The number of nitrogens with zero attached hydrogens (tertiary/aromatic N) is 1. The highest BCUT2D eigenvalue weighted by Crippen LogP contribution is 2.43. The molecule has 0 saturated carbocycles. The second kappa shape index (κ2) is 5.70. The van der Waals surface area contributed by atoms with E-state index in [4.69, 9.17) is 4.74 Å².